The fourth-order valence-electron chi connectivity index (χ4n) is 6.78. The second-order valence-corrected chi connectivity index (χ2v) is 9.77. The van der Waals surface area contributed by atoms with Gasteiger partial charge in [-0.05, 0) is 60.3 Å². The van der Waals surface area contributed by atoms with E-state index in [4.69, 9.17) is 4.74 Å². The Labute approximate surface area is 200 Å². The van der Waals surface area contributed by atoms with Crippen molar-refractivity contribution in [2.24, 2.45) is 0 Å². The molecule has 2 unspecified atom stereocenters. The molecule has 0 aliphatic carbocycles. The van der Waals surface area contributed by atoms with E-state index in [0.29, 0.717) is 0 Å². The van der Waals surface area contributed by atoms with Crippen molar-refractivity contribution in [1.82, 2.24) is 14.8 Å². The number of aromatic nitrogens is 1. The molecular formula is C29H30N4O. The second-order valence-electron chi connectivity index (χ2n) is 9.77. The molecule has 3 aliphatic heterocycles. The van der Waals surface area contributed by atoms with E-state index in [2.05, 4.69) is 92.9 Å². The summed E-state index contributed by atoms with van der Waals surface area (Å²) >= 11 is 0. The van der Waals surface area contributed by atoms with Crippen LogP contribution in [0.1, 0.15) is 34.8 Å². The minimum atomic E-state index is -0.0286. The van der Waals surface area contributed by atoms with Gasteiger partial charge in [0.15, 0.2) is 0 Å². The highest BCUT2D eigenvalue weighted by molar-refractivity contribution is 5.86. The van der Waals surface area contributed by atoms with Gasteiger partial charge in [0.25, 0.3) is 0 Å². The lowest BCUT2D eigenvalue weighted by molar-refractivity contribution is 0.0770. The summed E-state index contributed by atoms with van der Waals surface area (Å²) in [7, 11) is 1.72. The van der Waals surface area contributed by atoms with E-state index in [0.717, 1.165) is 44.9 Å². The van der Waals surface area contributed by atoms with Crippen molar-refractivity contribution in [3.63, 3.8) is 0 Å². The van der Waals surface area contributed by atoms with Gasteiger partial charge in [0.1, 0.15) is 5.75 Å². The lowest BCUT2D eigenvalue weighted by atomic mass is 9.78. The molecule has 1 fully saturated rings. The molecule has 5 nitrogen and oxygen atoms in total. The van der Waals surface area contributed by atoms with Crippen LogP contribution >= 0.6 is 0 Å². The van der Waals surface area contributed by atoms with E-state index in [1.165, 1.54) is 39.0 Å². The fourth-order valence-corrected chi connectivity index (χ4v) is 6.78. The van der Waals surface area contributed by atoms with Crippen molar-refractivity contribution in [3.8, 4) is 5.75 Å². The average Bonchev–Trinajstić information content (AvgIpc) is 3.40. The molecule has 0 radical (unpaired) electrons. The maximum atomic E-state index is 5.40. The van der Waals surface area contributed by atoms with Crippen molar-refractivity contribution in [2.75, 3.05) is 32.2 Å². The molecule has 2 atom stereocenters. The van der Waals surface area contributed by atoms with Crippen LogP contribution in [-0.2, 0) is 18.5 Å². The number of hydrogen-bond acceptors (Lipinski definition) is 4. The topological polar surface area (TPSA) is 41.5 Å². The maximum absolute atomic E-state index is 5.40. The van der Waals surface area contributed by atoms with Crippen LogP contribution in [-0.4, -0.2) is 36.3 Å². The number of methoxy groups -OCH3 is 1. The van der Waals surface area contributed by atoms with Crippen LogP contribution in [0, 0.1) is 0 Å². The van der Waals surface area contributed by atoms with Crippen molar-refractivity contribution in [3.05, 3.63) is 95.2 Å². The number of benzene rings is 3. The van der Waals surface area contributed by atoms with Crippen LogP contribution < -0.4 is 15.4 Å². The van der Waals surface area contributed by atoms with Crippen LogP contribution in [0.3, 0.4) is 0 Å². The predicted octanol–water partition coefficient (Wildman–Crippen LogP) is 4.87. The highest BCUT2D eigenvalue weighted by atomic mass is 16.5. The monoisotopic (exact) mass is 450 g/mol. The molecule has 4 heterocycles. The van der Waals surface area contributed by atoms with E-state index in [-0.39, 0.29) is 11.6 Å². The summed E-state index contributed by atoms with van der Waals surface area (Å²) < 4.78 is 7.99. The first-order valence-corrected chi connectivity index (χ1v) is 12.3. The minimum absolute atomic E-state index is 0.0286. The standard InChI is InChI=1S/C29H30N4O/c1-34-21-12-10-20(11-13-21)18-33-26-9-5-2-6-22(26)23-14-17-32-19-31-25-8-4-3-7-24(25)29(32)15-16-30-28(29)27(23)33/h2-13,28,30-31H,14-19H2,1H3. The zero-order valence-electron chi connectivity index (χ0n) is 19.6. The summed E-state index contributed by atoms with van der Waals surface area (Å²) in [5.74, 6) is 0.901. The Bertz CT molecular complexity index is 1370. The molecule has 172 valence electrons. The van der Waals surface area contributed by atoms with Gasteiger partial charge in [-0.3, -0.25) is 4.90 Å². The van der Waals surface area contributed by atoms with E-state index >= 15 is 0 Å². The Hall–Kier alpha value is -3.28. The number of nitrogens with one attached hydrogen (secondary N) is 2. The molecule has 1 spiro atoms. The SMILES string of the molecule is COc1ccc(Cn2c3c(c4ccccc42)CCN2CNc4ccccc4C24CCNC34)cc1. The minimum Gasteiger partial charge on any atom is -0.497 e. The van der Waals surface area contributed by atoms with Crippen LogP contribution in [0.15, 0.2) is 72.8 Å². The summed E-state index contributed by atoms with van der Waals surface area (Å²) in [5, 5.41) is 9.08. The molecule has 0 saturated carbocycles. The Kier molecular flexibility index (Phi) is 4.51. The number of ether oxygens (including phenoxy) is 1. The summed E-state index contributed by atoms with van der Waals surface area (Å²) in [6.45, 7) is 3.84. The average molecular weight is 451 g/mol. The van der Waals surface area contributed by atoms with Crippen molar-refractivity contribution < 1.29 is 4.74 Å². The smallest absolute Gasteiger partial charge is 0.118 e. The number of rotatable bonds is 3. The largest absolute Gasteiger partial charge is 0.497 e. The Morgan fingerprint density at radius 1 is 1.00 bits per heavy atom. The molecule has 3 aromatic carbocycles. The van der Waals surface area contributed by atoms with E-state index in [9.17, 15) is 0 Å². The van der Waals surface area contributed by atoms with Gasteiger partial charge < -0.3 is 19.9 Å². The number of para-hydroxylation sites is 2. The zero-order chi connectivity index (χ0) is 22.7. The second kappa shape index (κ2) is 7.62. The first kappa shape index (κ1) is 20.1. The number of anilines is 1. The van der Waals surface area contributed by atoms with Crippen LogP contribution in [0.4, 0.5) is 5.69 Å². The lowest BCUT2D eigenvalue weighted by Crippen LogP contribution is -2.54. The summed E-state index contributed by atoms with van der Waals surface area (Å²) in [6.07, 6.45) is 2.19. The lowest BCUT2D eigenvalue weighted by Gasteiger charge is -2.48. The van der Waals surface area contributed by atoms with Crippen LogP contribution in [0.25, 0.3) is 10.9 Å². The summed E-state index contributed by atoms with van der Waals surface area (Å²) in [6, 6.07) is 26.7. The van der Waals surface area contributed by atoms with E-state index in [1.807, 2.05) is 0 Å². The van der Waals surface area contributed by atoms with Crippen molar-refractivity contribution >= 4 is 16.6 Å². The number of nitrogens with zero attached hydrogens (tertiary/aromatic N) is 2. The predicted molar refractivity (Wildman–Crippen MR) is 136 cm³/mol. The number of fused-ring (bicyclic) bond motifs is 5. The van der Waals surface area contributed by atoms with Gasteiger partial charge in [-0.25, -0.2) is 0 Å². The molecule has 0 bridgehead atoms. The summed E-state index contributed by atoms with van der Waals surface area (Å²) in [4.78, 5) is 2.70. The van der Waals surface area contributed by atoms with Crippen molar-refractivity contribution in [2.45, 2.75) is 31.0 Å². The first-order valence-electron chi connectivity index (χ1n) is 12.3. The molecule has 1 aromatic heterocycles. The summed E-state index contributed by atoms with van der Waals surface area (Å²) in [5.41, 5.74) is 8.30. The fraction of sp³-hybridized carbons (Fsp3) is 0.310. The number of hydrogen-bond donors (Lipinski definition) is 2. The van der Waals surface area contributed by atoms with Crippen LogP contribution in [0.2, 0.25) is 0 Å². The molecule has 0 amide bonds. The Morgan fingerprint density at radius 3 is 2.71 bits per heavy atom. The van der Waals surface area contributed by atoms with Gasteiger partial charge in [-0.1, -0.05) is 48.5 Å². The molecule has 7 rings (SSSR count). The van der Waals surface area contributed by atoms with Crippen molar-refractivity contribution in [1.29, 1.82) is 0 Å². The molecule has 34 heavy (non-hydrogen) atoms. The van der Waals surface area contributed by atoms with Crippen LogP contribution in [0.5, 0.6) is 5.75 Å². The maximum Gasteiger partial charge on any atom is 0.118 e. The van der Waals surface area contributed by atoms with Gasteiger partial charge in [-0.2, -0.15) is 0 Å². The van der Waals surface area contributed by atoms with Gasteiger partial charge in [-0.15, -0.1) is 0 Å². The molecular weight excluding hydrogens is 420 g/mol. The molecule has 1 saturated heterocycles. The Morgan fingerprint density at radius 2 is 1.82 bits per heavy atom. The highest BCUT2D eigenvalue weighted by Crippen LogP contribution is 2.54. The molecule has 3 aliphatic rings. The third-order valence-corrected chi connectivity index (χ3v) is 8.28. The van der Waals surface area contributed by atoms with E-state index < -0.39 is 0 Å². The van der Waals surface area contributed by atoms with Gasteiger partial charge >= 0.3 is 0 Å². The molecule has 4 aromatic rings. The third-order valence-electron chi connectivity index (χ3n) is 8.28. The van der Waals surface area contributed by atoms with E-state index in [1.54, 1.807) is 7.11 Å². The van der Waals surface area contributed by atoms with Gasteiger partial charge in [0.2, 0.25) is 0 Å². The highest BCUT2D eigenvalue weighted by Gasteiger charge is 2.54. The first-order chi connectivity index (χ1) is 16.8. The normalized spacial score (nSPS) is 23.4. The van der Waals surface area contributed by atoms with Gasteiger partial charge in [0, 0.05) is 35.4 Å². The zero-order valence-corrected chi connectivity index (χ0v) is 19.6. The quantitative estimate of drug-likeness (QED) is 0.467. The Balaban J connectivity index is 1.45. The van der Waals surface area contributed by atoms with Gasteiger partial charge in [0.05, 0.1) is 25.4 Å². The third kappa shape index (κ3) is 2.74. The molecule has 5 heteroatoms. The molecule has 2 N–H and O–H groups in total.